The maximum absolute atomic E-state index is 5.06. The fourth-order valence-electron chi connectivity index (χ4n) is 2.16. The van der Waals surface area contributed by atoms with Gasteiger partial charge in [-0.05, 0) is 25.3 Å². The second-order valence-electron chi connectivity index (χ2n) is 5.01. The van der Waals surface area contributed by atoms with Crippen LogP contribution in [0.5, 0.6) is 0 Å². The number of nitrogens with zero attached hydrogens (tertiary/aromatic N) is 1. The Morgan fingerprint density at radius 1 is 1.19 bits per heavy atom. The van der Waals surface area contributed by atoms with Gasteiger partial charge in [0.15, 0.2) is 5.96 Å². The quantitative estimate of drug-likeness (QED) is 0.418. The number of benzene rings is 1. The molecule has 1 aromatic carbocycles. The van der Waals surface area contributed by atoms with Crippen LogP contribution in [0.4, 0.5) is 0 Å². The first-order valence-corrected chi connectivity index (χ1v) is 7.87. The monoisotopic (exact) mass is 291 g/mol. The lowest BCUT2D eigenvalue weighted by Crippen LogP contribution is -2.38. The van der Waals surface area contributed by atoms with Gasteiger partial charge in [-0.3, -0.25) is 4.99 Å². The number of hydrogen-bond donors (Lipinski definition) is 2. The van der Waals surface area contributed by atoms with Crippen LogP contribution in [-0.4, -0.2) is 39.3 Å². The van der Waals surface area contributed by atoms with E-state index in [-0.39, 0.29) is 0 Å². The number of nitrogens with one attached hydrogen (secondary N) is 2. The highest BCUT2D eigenvalue weighted by Gasteiger charge is 2.08. The Kier molecular flexibility index (Phi) is 9.29. The molecule has 0 amide bonds. The Labute approximate surface area is 129 Å². The third-order valence-corrected chi connectivity index (χ3v) is 3.40. The Morgan fingerprint density at radius 3 is 2.57 bits per heavy atom. The second kappa shape index (κ2) is 11.1. The van der Waals surface area contributed by atoms with E-state index >= 15 is 0 Å². The molecule has 0 aliphatic rings. The van der Waals surface area contributed by atoms with E-state index in [1.165, 1.54) is 5.56 Å². The third-order valence-electron chi connectivity index (χ3n) is 3.40. The maximum Gasteiger partial charge on any atom is 0.191 e. The molecule has 0 aliphatic heterocycles. The number of methoxy groups -OCH3 is 1. The van der Waals surface area contributed by atoms with Crippen LogP contribution in [0.1, 0.15) is 38.2 Å². The zero-order valence-corrected chi connectivity index (χ0v) is 13.6. The molecule has 0 aromatic heterocycles. The predicted octanol–water partition coefficient (Wildman–Crippen LogP) is 2.77. The number of rotatable bonds is 9. The summed E-state index contributed by atoms with van der Waals surface area (Å²) in [5.74, 6) is 1.36. The van der Waals surface area contributed by atoms with Crippen molar-refractivity contribution in [3.8, 4) is 0 Å². The molecule has 0 heterocycles. The van der Waals surface area contributed by atoms with Crippen LogP contribution >= 0.6 is 0 Å². The van der Waals surface area contributed by atoms with Gasteiger partial charge in [-0.25, -0.2) is 0 Å². The largest absolute Gasteiger partial charge is 0.385 e. The molecular weight excluding hydrogens is 262 g/mol. The minimum Gasteiger partial charge on any atom is -0.385 e. The van der Waals surface area contributed by atoms with Crippen LogP contribution in [-0.2, 0) is 4.74 Å². The summed E-state index contributed by atoms with van der Waals surface area (Å²) in [7, 11) is 1.73. The van der Waals surface area contributed by atoms with E-state index in [0.29, 0.717) is 5.92 Å². The number of aliphatic imine (C=N–C) groups is 1. The molecule has 4 heteroatoms. The lowest BCUT2D eigenvalue weighted by atomic mass is 9.97. The molecule has 1 rings (SSSR count). The number of hydrogen-bond acceptors (Lipinski definition) is 2. The molecule has 0 fully saturated rings. The van der Waals surface area contributed by atoms with Gasteiger partial charge >= 0.3 is 0 Å². The van der Waals surface area contributed by atoms with Gasteiger partial charge in [0.2, 0.25) is 0 Å². The Morgan fingerprint density at radius 2 is 1.95 bits per heavy atom. The van der Waals surface area contributed by atoms with Crippen molar-refractivity contribution in [1.82, 2.24) is 10.6 Å². The zero-order chi connectivity index (χ0) is 15.3. The molecule has 0 aliphatic carbocycles. The molecule has 2 N–H and O–H groups in total. The average Bonchev–Trinajstić information content (AvgIpc) is 2.53. The average molecular weight is 291 g/mol. The SMILES string of the molecule is CCNC(=NCC(CC)c1ccccc1)NCCCOC. The van der Waals surface area contributed by atoms with E-state index in [1.807, 2.05) is 0 Å². The van der Waals surface area contributed by atoms with Crippen molar-refractivity contribution in [2.75, 3.05) is 33.4 Å². The van der Waals surface area contributed by atoms with Crippen molar-refractivity contribution in [3.63, 3.8) is 0 Å². The van der Waals surface area contributed by atoms with Crippen molar-refractivity contribution < 1.29 is 4.74 Å². The maximum atomic E-state index is 5.06. The van der Waals surface area contributed by atoms with Gasteiger partial charge in [0.1, 0.15) is 0 Å². The molecule has 0 radical (unpaired) electrons. The number of guanidine groups is 1. The van der Waals surface area contributed by atoms with Crippen LogP contribution in [0.25, 0.3) is 0 Å². The van der Waals surface area contributed by atoms with Crippen molar-refractivity contribution >= 4 is 5.96 Å². The summed E-state index contributed by atoms with van der Waals surface area (Å²) in [4.78, 5) is 4.71. The molecule has 0 bridgehead atoms. The summed E-state index contributed by atoms with van der Waals surface area (Å²) in [5.41, 5.74) is 1.36. The van der Waals surface area contributed by atoms with Crippen LogP contribution in [0.15, 0.2) is 35.3 Å². The first-order chi connectivity index (χ1) is 10.3. The zero-order valence-electron chi connectivity index (χ0n) is 13.6. The van der Waals surface area contributed by atoms with E-state index in [1.54, 1.807) is 7.11 Å². The highest BCUT2D eigenvalue weighted by molar-refractivity contribution is 5.79. The van der Waals surface area contributed by atoms with Gasteiger partial charge in [0.05, 0.1) is 0 Å². The summed E-state index contributed by atoms with van der Waals surface area (Å²) < 4.78 is 5.06. The molecule has 0 spiro atoms. The fraction of sp³-hybridized carbons (Fsp3) is 0.588. The lowest BCUT2D eigenvalue weighted by Gasteiger charge is -2.15. The number of ether oxygens (including phenoxy) is 1. The summed E-state index contributed by atoms with van der Waals surface area (Å²) in [6.45, 7) is 7.63. The van der Waals surface area contributed by atoms with Gasteiger partial charge in [0.25, 0.3) is 0 Å². The molecule has 4 nitrogen and oxygen atoms in total. The molecule has 1 aromatic rings. The van der Waals surface area contributed by atoms with Gasteiger partial charge < -0.3 is 15.4 Å². The minimum atomic E-state index is 0.473. The lowest BCUT2D eigenvalue weighted by molar-refractivity contribution is 0.195. The van der Waals surface area contributed by atoms with E-state index in [0.717, 1.165) is 45.0 Å². The molecular formula is C17H29N3O. The molecule has 0 saturated heterocycles. The molecule has 118 valence electrons. The molecule has 21 heavy (non-hydrogen) atoms. The second-order valence-corrected chi connectivity index (χ2v) is 5.01. The van der Waals surface area contributed by atoms with Crippen molar-refractivity contribution in [2.24, 2.45) is 4.99 Å². The third kappa shape index (κ3) is 7.14. The van der Waals surface area contributed by atoms with Crippen LogP contribution in [0.2, 0.25) is 0 Å². The van der Waals surface area contributed by atoms with E-state index in [4.69, 9.17) is 9.73 Å². The van der Waals surface area contributed by atoms with Crippen molar-refractivity contribution in [2.45, 2.75) is 32.6 Å². The summed E-state index contributed by atoms with van der Waals surface area (Å²) in [6.07, 6.45) is 2.08. The van der Waals surface area contributed by atoms with Gasteiger partial charge in [-0.2, -0.15) is 0 Å². The summed E-state index contributed by atoms with van der Waals surface area (Å²) >= 11 is 0. The van der Waals surface area contributed by atoms with E-state index in [9.17, 15) is 0 Å². The fourth-order valence-corrected chi connectivity index (χ4v) is 2.16. The normalized spacial score (nSPS) is 13.0. The topological polar surface area (TPSA) is 45.7 Å². The minimum absolute atomic E-state index is 0.473. The summed E-state index contributed by atoms with van der Waals surface area (Å²) in [5, 5.41) is 6.63. The van der Waals surface area contributed by atoms with E-state index in [2.05, 4.69) is 54.8 Å². The van der Waals surface area contributed by atoms with Crippen molar-refractivity contribution in [1.29, 1.82) is 0 Å². The van der Waals surface area contributed by atoms with Crippen LogP contribution in [0, 0.1) is 0 Å². The van der Waals surface area contributed by atoms with Crippen molar-refractivity contribution in [3.05, 3.63) is 35.9 Å². The van der Waals surface area contributed by atoms with Gasteiger partial charge in [0, 0.05) is 39.3 Å². The predicted molar refractivity (Wildman–Crippen MR) is 89.9 cm³/mol. The smallest absolute Gasteiger partial charge is 0.191 e. The first kappa shape index (κ1) is 17.5. The van der Waals surface area contributed by atoms with Gasteiger partial charge in [-0.15, -0.1) is 0 Å². The molecule has 1 atom stereocenters. The van der Waals surface area contributed by atoms with Crippen LogP contribution < -0.4 is 10.6 Å². The summed E-state index contributed by atoms with van der Waals surface area (Å²) in [6, 6.07) is 10.6. The van der Waals surface area contributed by atoms with Crippen LogP contribution in [0.3, 0.4) is 0 Å². The Hall–Kier alpha value is -1.55. The highest BCUT2D eigenvalue weighted by Crippen LogP contribution is 2.19. The first-order valence-electron chi connectivity index (χ1n) is 7.87. The van der Waals surface area contributed by atoms with E-state index < -0.39 is 0 Å². The standard InChI is InChI=1S/C17H29N3O/c1-4-15(16-10-7-6-8-11-16)14-20-17(18-5-2)19-12-9-13-21-3/h6-8,10-11,15H,4-5,9,12-14H2,1-3H3,(H2,18,19,20). The Balaban J connectivity index is 2.54. The van der Waals surface area contributed by atoms with Gasteiger partial charge in [-0.1, -0.05) is 37.3 Å². The Bertz CT molecular complexity index is 392. The molecule has 1 unspecified atom stereocenters. The molecule has 0 saturated carbocycles. The highest BCUT2D eigenvalue weighted by atomic mass is 16.5.